The van der Waals surface area contributed by atoms with Crippen molar-refractivity contribution in [2.75, 3.05) is 20.8 Å². The monoisotopic (exact) mass is 363 g/mol. The van der Waals surface area contributed by atoms with E-state index in [1.165, 1.54) is 5.56 Å². The molecule has 2 N–H and O–H groups in total. The highest BCUT2D eigenvalue weighted by molar-refractivity contribution is 14.0. The molecule has 102 valence electrons. The first-order chi connectivity index (χ1) is 8.26. The van der Waals surface area contributed by atoms with E-state index in [-0.39, 0.29) is 30.0 Å². The van der Waals surface area contributed by atoms with E-state index in [9.17, 15) is 0 Å². The molecule has 1 atom stereocenters. The molecule has 0 aromatic heterocycles. The van der Waals surface area contributed by atoms with Crippen molar-refractivity contribution in [1.82, 2.24) is 10.6 Å². The Balaban J connectivity index is 0.00000289. The van der Waals surface area contributed by atoms with Crippen molar-refractivity contribution in [2.45, 2.75) is 19.5 Å². The van der Waals surface area contributed by atoms with Crippen LogP contribution in [0.3, 0.4) is 0 Å². The maximum atomic E-state index is 5.07. The molecule has 1 aromatic rings. The molecule has 0 fully saturated rings. The van der Waals surface area contributed by atoms with Crippen LogP contribution in [0.2, 0.25) is 0 Å². The maximum Gasteiger partial charge on any atom is 0.191 e. The van der Waals surface area contributed by atoms with Crippen LogP contribution < -0.4 is 10.6 Å². The molecule has 0 aliphatic rings. The Bertz CT molecular complexity index is 343. The number of aliphatic imine (C=N–C) groups is 1. The number of nitrogens with zero attached hydrogens (tertiary/aromatic N) is 1. The van der Waals surface area contributed by atoms with Gasteiger partial charge in [0.1, 0.15) is 0 Å². The summed E-state index contributed by atoms with van der Waals surface area (Å²) in [5, 5.41) is 6.51. The fourth-order valence-corrected chi connectivity index (χ4v) is 1.50. The third-order valence-corrected chi connectivity index (χ3v) is 2.33. The minimum Gasteiger partial charge on any atom is -0.383 e. The number of benzene rings is 1. The molecule has 1 rings (SSSR count). The third kappa shape index (κ3) is 6.80. The molecule has 4 nitrogen and oxygen atoms in total. The van der Waals surface area contributed by atoms with Crippen LogP contribution in [0.15, 0.2) is 35.3 Å². The predicted octanol–water partition coefficient (Wildman–Crippen LogP) is 2.00. The zero-order chi connectivity index (χ0) is 12.5. The molecule has 1 aromatic carbocycles. The Labute approximate surface area is 126 Å². The first-order valence-electron chi connectivity index (χ1n) is 5.76. The second kappa shape index (κ2) is 10.1. The second-order valence-electron chi connectivity index (χ2n) is 3.91. The van der Waals surface area contributed by atoms with Gasteiger partial charge in [0.05, 0.1) is 6.61 Å². The molecule has 0 spiro atoms. The normalized spacial score (nSPS) is 12.5. The Morgan fingerprint density at radius 1 is 1.33 bits per heavy atom. The van der Waals surface area contributed by atoms with Gasteiger partial charge in [-0.1, -0.05) is 30.3 Å². The molecule has 0 aliphatic carbocycles. The molecule has 5 heteroatoms. The zero-order valence-electron chi connectivity index (χ0n) is 11.1. The van der Waals surface area contributed by atoms with Crippen LogP contribution in [-0.2, 0) is 11.3 Å². The Morgan fingerprint density at radius 3 is 2.56 bits per heavy atom. The molecular formula is C13H22IN3O. The second-order valence-corrected chi connectivity index (χ2v) is 3.91. The average molecular weight is 363 g/mol. The van der Waals surface area contributed by atoms with Crippen molar-refractivity contribution < 1.29 is 4.74 Å². The van der Waals surface area contributed by atoms with Gasteiger partial charge in [-0.25, -0.2) is 0 Å². The van der Waals surface area contributed by atoms with Gasteiger partial charge < -0.3 is 15.4 Å². The van der Waals surface area contributed by atoms with Gasteiger partial charge in [0.15, 0.2) is 5.96 Å². The highest BCUT2D eigenvalue weighted by atomic mass is 127. The Kier molecular flexibility index (Phi) is 9.67. The van der Waals surface area contributed by atoms with Crippen molar-refractivity contribution in [3.05, 3.63) is 35.9 Å². The SMILES string of the molecule is CN=C(NCc1ccccc1)NC(C)COC.I. The molecule has 18 heavy (non-hydrogen) atoms. The molecule has 0 saturated carbocycles. The quantitative estimate of drug-likeness (QED) is 0.478. The standard InChI is InChI=1S/C13H21N3O.HI/c1-11(10-17-3)16-13(14-2)15-9-12-7-5-4-6-8-12;/h4-8,11H,9-10H2,1-3H3,(H2,14,15,16);1H. The van der Waals surface area contributed by atoms with Crippen molar-refractivity contribution in [3.63, 3.8) is 0 Å². The van der Waals surface area contributed by atoms with E-state index in [0.29, 0.717) is 6.61 Å². The fraction of sp³-hybridized carbons (Fsp3) is 0.462. The van der Waals surface area contributed by atoms with Gasteiger partial charge >= 0.3 is 0 Å². The summed E-state index contributed by atoms with van der Waals surface area (Å²) in [4.78, 5) is 4.16. The van der Waals surface area contributed by atoms with Gasteiger partial charge in [0.2, 0.25) is 0 Å². The molecule has 1 unspecified atom stereocenters. The van der Waals surface area contributed by atoms with Crippen molar-refractivity contribution in [3.8, 4) is 0 Å². The van der Waals surface area contributed by atoms with Gasteiger partial charge in [0, 0.05) is 26.7 Å². The number of ether oxygens (including phenoxy) is 1. The predicted molar refractivity (Wildman–Crippen MR) is 86.5 cm³/mol. The molecule has 0 heterocycles. The van der Waals surface area contributed by atoms with Crippen LogP contribution in [0.4, 0.5) is 0 Å². The molecule has 0 amide bonds. The topological polar surface area (TPSA) is 45.7 Å². The first kappa shape index (κ1) is 17.2. The molecule has 0 aliphatic heterocycles. The van der Waals surface area contributed by atoms with Gasteiger partial charge in [0.25, 0.3) is 0 Å². The summed E-state index contributed by atoms with van der Waals surface area (Å²) in [5.41, 5.74) is 1.23. The van der Waals surface area contributed by atoms with Crippen LogP contribution in [0, 0.1) is 0 Å². The lowest BCUT2D eigenvalue weighted by Crippen LogP contribution is -2.43. The number of hydrogen-bond acceptors (Lipinski definition) is 2. The zero-order valence-corrected chi connectivity index (χ0v) is 13.5. The molecule has 0 radical (unpaired) electrons. The van der Waals surface area contributed by atoms with E-state index >= 15 is 0 Å². The lowest BCUT2D eigenvalue weighted by molar-refractivity contribution is 0.179. The van der Waals surface area contributed by atoms with E-state index in [1.807, 2.05) is 18.2 Å². The summed E-state index contributed by atoms with van der Waals surface area (Å²) in [6, 6.07) is 10.5. The van der Waals surface area contributed by atoms with Gasteiger partial charge in [-0.15, -0.1) is 24.0 Å². The molecule has 0 saturated heterocycles. The van der Waals surface area contributed by atoms with E-state index in [1.54, 1.807) is 14.2 Å². The van der Waals surface area contributed by atoms with Crippen LogP contribution in [-0.4, -0.2) is 32.8 Å². The molecule has 0 bridgehead atoms. The van der Waals surface area contributed by atoms with Crippen molar-refractivity contribution >= 4 is 29.9 Å². The lowest BCUT2D eigenvalue weighted by atomic mass is 10.2. The van der Waals surface area contributed by atoms with E-state index < -0.39 is 0 Å². The highest BCUT2D eigenvalue weighted by Gasteiger charge is 2.03. The highest BCUT2D eigenvalue weighted by Crippen LogP contribution is 1.97. The number of halogens is 1. The number of guanidine groups is 1. The van der Waals surface area contributed by atoms with Crippen molar-refractivity contribution in [1.29, 1.82) is 0 Å². The van der Waals surface area contributed by atoms with Crippen LogP contribution in [0.5, 0.6) is 0 Å². The minimum absolute atomic E-state index is 0. The van der Waals surface area contributed by atoms with Crippen LogP contribution >= 0.6 is 24.0 Å². The first-order valence-corrected chi connectivity index (χ1v) is 5.76. The number of methoxy groups -OCH3 is 1. The van der Waals surface area contributed by atoms with Crippen LogP contribution in [0.1, 0.15) is 12.5 Å². The Hall–Kier alpha value is -0.820. The van der Waals surface area contributed by atoms with E-state index in [2.05, 4.69) is 34.7 Å². The Morgan fingerprint density at radius 2 is 2.00 bits per heavy atom. The van der Waals surface area contributed by atoms with Crippen LogP contribution in [0.25, 0.3) is 0 Å². The number of rotatable bonds is 5. The molecular weight excluding hydrogens is 341 g/mol. The van der Waals surface area contributed by atoms with E-state index in [0.717, 1.165) is 12.5 Å². The summed E-state index contributed by atoms with van der Waals surface area (Å²) in [6.07, 6.45) is 0. The minimum atomic E-state index is 0. The number of nitrogens with one attached hydrogen (secondary N) is 2. The fourth-order valence-electron chi connectivity index (χ4n) is 1.50. The van der Waals surface area contributed by atoms with Gasteiger partial charge in [-0.2, -0.15) is 0 Å². The summed E-state index contributed by atoms with van der Waals surface area (Å²) < 4.78 is 5.07. The number of hydrogen-bond donors (Lipinski definition) is 2. The third-order valence-electron chi connectivity index (χ3n) is 2.33. The van der Waals surface area contributed by atoms with Gasteiger partial charge in [-0.3, -0.25) is 4.99 Å². The smallest absolute Gasteiger partial charge is 0.191 e. The largest absolute Gasteiger partial charge is 0.383 e. The average Bonchev–Trinajstić information content (AvgIpc) is 2.36. The summed E-state index contributed by atoms with van der Waals surface area (Å²) in [5.74, 6) is 0.790. The van der Waals surface area contributed by atoms with E-state index in [4.69, 9.17) is 4.74 Å². The van der Waals surface area contributed by atoms with Gasteiger partial charge in [-0.05, 0) is 12.5 Å². The van der Waals surface area contributed by atoms with Crippen molar-refractivity contribution in [2.24, 2.45) is 4.99 Å². The summed E-state index contributed by atoms with van der Waals surface area (Å²) >= 11 is 0. The summed E-state index contributed by atoms with van der Waals surface area (Å²) in [7, 11) is 3.46. The lowest BCUT2D eigenvalue weighted by Gasteiger charge is -2.17. The maximum absolute atomic E-state index is 5.07. The summed E-state index contributed by atoms with van der Waals surface area (Å²) in [6.45, 7) is 3.48.